The lowest BCUT2D eigenvalue weighted by Gasteiger charge is -2.35. The Morgan fingerprint density at radius 2 is 2.05 bits per heavy atom. The van der Waals surface area contributed by atoms with Gasteiger partial charge in [0.2, 0.25) is 0 Å². The molecule has 1 aromatic rings. The van der Waals surface area contributed by atoms with Gasteiger partial charge in [-0.2, -0.15) is 0 Å². The summed E-state index contributed by atoms with van der Waals surface area (Å²) >= 11 is 0. The summed E-state index contributed by atoms with van der Waals surface area (Å²) in [4.78, 5) is 0. The fourth-order valence-electron chi connectivity index (χ4n) is 3.26. The van der Waals surface area contributed by atoms with Gasteiger partial charge in [0.05, 0.1) is 0 Å². The topological polar surface area (TPSA) is 12.0 Å². The molecule has 0 bridgehead atoms. The van der Waals surface area contributed by atoms with Gasteiger partial charge in [-0.05, 0) is 55.2 Å². The van der Waals surface area contributed by atoms with E-state index in [0.717, 1.165) is 18.4 Å². The molecular weight excluding hydrogens is 230 g/mol. The highest BCUT2D eigenvalue weighted by molar-refractivity contribution is 5.33. The smallest absolute Gasteiger partial charge is 0.0351 e. The van der Waals surface area contributed by atoms with E-state index in [4.69, 9.17) is 0 Å². The zero-order valence-corrected chi connectivity index (χ0v) is 12.8. The van der Waals surface area contributed by atoms with E-state index < -0.39 is 0 Å². The van der Waals surface area contributed by atoms with E-state index in [1.54, 1.807) is 11.1 Å². The summed E-state index contributed by atoms with van der Waals surface area (Å²) in [5.41, 5.74) is 3.13. The van der Waals surface area contributed by atoms with Crippen LogP contribution in [0, 0.1) is 11.8 Å². The zero-order valence-electron chi connectivity index (χ0n) is 12.8. The highest BCUT2D eigenvalue weighted by Gasteiger charge is 2.28. The molecule has 0 heterocycles. The van der Waals surface area contributed by atoms with Crippen LogP contribution >= 0.6 is 0 Å². The van der Waals surface area contributed by atoms with Crippen LogP contribution in [0.1, 0.15) is 63.6 Å². The van der Waals surface area contributed by atoms with Crippen LogP contribution in [0.5, 0.6) is 0 Å². The summed E-state index contributed by atoms with van der Waals surface area (Å²) in [6, 6.07) is 9.62. The first-order chi connectivity index (χ1) is 9.22. The second-order valence-corrected chi connectivity index (χ2v) is 6.40. The van der Waals surface area contributed by atoms with E-state index in [9.17, 15) is 0 Å². The van der Waals surface area contributed by atoms with Gasteiger partial charge in [0, 0.05) is 6.04 Å². The molecule has 1 heteroatoms. The molecule has 0 aliphatic heterocycles. The minimum Gasteiger partial charge on any atom is -0.310 e. The van der Waals surface area contributed by atoms with Gasteiger partial charge in [0.25, 0.3) is 0 Å². The molecule has 0 saturated heterocycles. The maximum absolute atomic E-state index is 3.80. The Labute approximate surface area is 118 Å². The van der Waals surface area contributed by atoms with Crippen LogP contribution in [0.3, 0.4) is 0 Å². The van der Waals surface area contributed by atoms with Gasteiger partial charge in [0.15, 0.2) is 0 Å². The number of hydrogen-bond donors (Lipinski definition) is 1. The quantitative estimate of drug-likeness (QED) is 0.779. The molecule has 2 rings (SSSR count). The molecule has 1 N–H and O–H groups in total. The van der Waals surface area contributed by atoms with Gasteiger partial charge in [-0.1, -0.05) is 51.5 Å². The molecule has 1 nitrogen and oxygen atoms in total. The molecule has 19 heavy (non-hydrogen) atoms. The largest absolute Gasteiger partial charge is 0.310 e. The first-order valence-electron chi connectivity index (χ1n) is 8.03. The third kappa shape index (κ3) is 3.82. The second-order valence-electron chi connectivity index (χ2n) is 6.40. The van der Waals surface area contributed by atoms with Crippen molar-refractivity contribution in [2.24, 2.45) is 11.8 Å². The molecule has 0 amide bonds. The normalized spacial score (nSPS) is 22.5. The van der Waals surface area contributed by atoms with Crippen molar-refractivity contribution in [3.63, 3.8) is 0 Å². The van der Waals surface area contributed by atoms with Gasteiger partial charge in [-0.15, -0.1) is 0 Å². The maximum atomic E-state index is 3.80. The Bertz CT molecular complexity index is 383. The Kier molecular flexibility index (Phi) is 5.45. The van der Waals surface area contributed by atoms with Gasteiger partial charge >= 0.3 is 0 Å². The van der Waals surface area contributed by atoms with E-state index in [0.29, 0.717) is 6.04 Å². The fourth-order valence-corrected chi connectivity index (χ4v) is 3.26. The van der Waals surface area contributed by atoms with Crippen molar-refractivity contribution in [2.75, 3.05) is 6.54 Å². The average molecular weight is 259 g/mol. The Morgan fingerprint density at radius 1 is 1.26 bits per heavy atom. The van der Waals surface area contributed by atoms with Crippen LogP contribution in [0.4, 0.5) is 0 Å². The van der Waals surface area contributed by atoms with E-state index in [-0.39, 0.29) is 0 Å². The van der Waals surface area contributed by atoms with Gasteiger partial charge in [0.1, 0.15) is 0 Å². The summed E-state index contributed by atoms with van der Waals surface area (Å²) in [7, 11) is 0. The monoisotopic (exact) mass is 259 g/mol. The first kappa shape index (κ1) is 14.6. The lowest BCUT2D eigenvalue weighted by atomic mass is 9.77. The Hall–Kier alpha value is -0.820. The molecule has 0 saturated carbocycles. The number of fused-ring (bicyclic) bond motifs is 1. The van der Waals surface area contributed by atoms with Gasteiger partial charge in [-0.25, -0.2) is 0 Å². The molecule has 1 aliphatic carbocycles. The maximum Gasteiger partial charge on any atom is 0.0351 e. The summed E-state index contributed by atoms with van der Waals surface area (Å²) in [6.45, 7) is 8.07. The van der Waals surface area contributed by atoms with Crippen LogP contribution in [-0.2, 0) is 6.42 Å². The van der Waals surface area contributed by atoms with Crippen molar-refractivity contribution in [2.45, 2.75) is 58.9 Å². The van der Waals surface area contributed by atoms with Crippen LogP contribution < -0.4 is 5.32 Å². The molecule has 0 spiro atoms. The predicted molar refractivity (Wildman–Crippen MR) is 83.4 cm³/mol. The number of aryl methyl sites for hydroxylation is 1. The lowest BCUT2D eigenvalue weighted by Crippen LogP contribution is -2.33. The fraction of sp³-hybridized carbons (Fsp3) is 0.667. The molecule has 0 aromatic heterocycles. The van der Waals surface area contributed by atoms with Crippen LogP contribution in [0.25, 0.3) is 0 Å². The third-order valence-electron chi connectivity index (χ3n) is 4.38. The highest BCUT2D eigenvalue weighted by Crippen LogP contribution is 2.37. The number of hydrogen-bond acceptors (Lipinski definition) is 1. The molecule has 2 atom stereocenters. The molecule has 1 aromatic carbocycles. The standard InChI is InChI=1S/C18H29N/c1-4-13-19-18-16(10-9-14(2)3)12-11-15-7-5-6-8-17(15)18/h5-8,14,16,18-19H,4,9-13H2,1-3H3. The minimum absolute atomic E-state index is 0.587. The van der Waals surface area contributed by atoms with Gasteiger partial charge in [-0.3, -0.25) is 0 Å². The van der Waals surface area contributed by atoms with Crippen molar-refractivity contribution in [3.05, 3.63) is 35.4 Å². The Morgan fingerprint density at radius 3 is 2.79 bits per heavy atom. The molecule has 0 fully saturated rings. The number of benzene rings is 1. The predicted octanol–water partition coefficient (Wildman–Crippen LogP) is 4.73. The summed E-state index contributed by atoms with van der Waals surface area (Å²) in [6.07, 6.45) is 6.56. The molecule has 0 radical (unpaired) electrons. The number of rotatable bonds is 6. The number of nitrogens with one attached hydrogen (secondary N) is 1. The second kappa shape index (κ2) is 7.09. The summed E-state index contributed by atoms with van der Waals surface area (Å²) in [5.74, 6) is 1.65. The van der Waals surface area contributed by atoms with E-state index in [2.05, 4.69) is 50.4 Å². The van der Waals surface area contributed by atoms with Crippen molar-refractivity contribution in [3.8, 4) is 0 Å². The van der Waals surface area contributed by atoms with Crippen molar-refractivity contribution < 1.29 is 0 Å². The SMILES string of the molecule is CCCNC1c2ccccc2CCC1CCC(C)C. The van der Waals surface area contributed by atoms with E-state index in [1.165, 1.54) is 32.1 Å². The average Bonchev–Trinajstić information content (AvgIpc) is 2.43. The third-order valence-corrected chi connectivity index (χ3v) is 4.38. The lowest BCUT2D eigenvalue weighted by molar-refractivity contribution is 0.285. The molecule has 1 aliphatic rings. The Balaban J connectivity index is 2.11. The summed E-state index contributed by atoms with van der Waals surface area (Å²) < 4.78 is 0. The molecule has 2 unspecified atom stereocenters. The van der Waals surface area contributed by atoms with E-state index in [1.807, 2.05) is 0 Å². The zero-order chi connectivity index (χ0) is 13.7. The first-order valence-corrected chi connectivity index (χ1v) is 8.03. The molecular formula is C18H29N. The molecule has 106 valence electrons. The van der Waals surface area contributed by atoms with Crippen LogP contribution in [0.15, 0.2) is 24.3 Å². The van der Waals surface area contributed by atoms with Crippen molar-refractivity contribution in [1.29, 1.82) is 0 Å². The van der Waals surface area contributed by atoms with E-state index >= 15 is 0 Å². The van der Waals surface area contributed by atoms with Crippen molar-refractivity contribution in [1.82, 2.24) is 5.32 Å². The minimum atomic E-state index is 0.587. The highest BCUT2D eigenvalue weighted by atomic mass is 14.9. The van der Waals surface area contributed by atoms with Gasteiger partial charge < -0.3 is 5.32 Å². The van der Waals surface area contributed by atoms with Crippen LogP contribution in [0.2, 0.25) is 0 Å². The van der Waals surface area contributed by atoms with Crippen LogP contribution in [-0.4, -0.2) is 6.54 Å². The summed E-state index contributed by atoms with van der Waals surface area (Å²) in [5, 5.41) is 3.80. The van der Waals surface area contributed by atoms with Crippen molar-refractivity contribution >= 4 is 0 Å².